The number of nitrogens with zero attached hydrogens (tertiary/aromatic N) is 1. The molecule has 0 radical (unpaired) electrons. The molecule has 18 heavy (non-hydrogen) atoms. The molecule has 2 rings (SSSR count). The molecule has 0 heterocycles. The Morgan fingerprint density at radius 1 is 1.39 bits per heavy atom. The molecule has 1 unspecified atom stereocenters. The molecule has 0 amide bonds. The van der Waals surface area contributed by atoms with Crippen LogP contribution in [0.4, 0.5) is 5.69 Å². The maximum absolute atomic E-state index is 7.83. The van der Waals surface area contributed by atoms with Crippen molar-refractivity contribution in [3.63, 3.8) is 0 Å². The summed E-state index contributed by atoms with van der Waals surface area (Å²) in [6, 6.07) is 8.24. The van der Waals surface area contributed by atoms with Gasteiger partial charge in [-0.15, -0.1) is 0 Å². The normalized spacial score (nSPS) is 22.8. The lowest BCUT2D eigenvalue weighted by atomic mass is 10.1. The molecular formula is C16H20N2. The van der Waals surface area contributed by atoms with Crippen molar-refractivity contribution in [2.45, 2.75) is 33.6 Å². The molecule has 0 saturated heterocycles. The zero-order chi connectivity index (χ0) is 13.1. The lowest BCUT2D eigenvalue weighted by Gasteiger charge is -2.06. The van der Waals surface area contributed by atoms with Crippen LogP contribution in [0.15, 0.2) is 35.3 Å². The van der Waals surface area contributed by atoms with Gasteiger partial charge in [-0.3, -0.25) is 4.99 Å². The Morgan fingerprint density at radius 3 is 2.72 bits per heavy atom. The van der Waals surface area contributed by atoms with Crippen LogP contribution in [0.3, 0.4) is 0 Å². The van der Waals surface area contributed by atoms with Gasteiger partial charge in [-0.25, -0.2) is 0 Å². The minimum atomic E-state index is 0.360. The fraction of sp³-hybridized carbons (Fsp3) is 0.375. The Kier molecular flexibility index (Phi) is 3.75. The summed E-state index contributed by atoms with van der Waals surface area (Å²) in [5.74, 6) is 0.360. The van der Waals surface area contributed by atoms with Crippen LogP contribution in [0.2, 0.25) is 0 Å². The first kappa shape index (κ1) is 12.7. The molecule has 0 spiro atoms. The maximum Gasteiger partial charge on any atom is 0.0704 e. The fourth-order valence-electron chi connectivity index (χ4n) is 2.26. The van der Waals surface area contributed by atoms with Gasteiger partial charge in [0.05, 0.1) is 5.69 Å². The largest absolute Gasteiger partial charge is 0.309 e. The molecule has 0 bridgehead atoms. The van der Waals surface area contributed by atoms with Gasteiger partial charge in [-0.05, 0) is 37.8 Å². The van der Waals surface area contributed by atoms with Crippen LogP contribution < -0.4 is 0 Å². The number of hydrogen-bond acceptors (Lipinski definition) is 2. The summed E-state index contributed by atoms with van der Waals surface area (Å²) in [7, 11) is 0. The minimum absolute atomic E-state index is 0.360. The molecule has 2 nitrogen and oxygen atoms in total. The summed E-state index contributed by atoms with van der Waals surface area (Å²) >= 11 is 0. The van der Waals surface area contributed by atoms with Crippen molar-refractivity contribution < 1.29 is 0 Å². The lowest BCUT2D eigenvalue weighted by molar-refractivity contribution is 0.837. The van der Waals surface area contributed by atoms with E-state index < -0.39 is 0 Å². The molecule has 0 aliphatic heterocycles. The van der Waals surface area contributed by atoms with Crippen molar-refractivity contribution in [3.8, 4) is 0 Å². The topological polar surface area (TPSA) is 36.2 Å². The molecule has 0 aromatic heterocycles. The average molecular weight is 240 g/mol. The van der Waals surface area contributed by atoms with Crippen LogP contribution in [0.1, 0.15) is 39.2 Å². The SMILES string of the molecule is C/C=C(/C)c1ccccc1N=C1CC(=N)C(C)C1. The second kappa shape index (κ2) is 5.30. The van der Waals surface area contributed by atoms with Crippen molar-refractivity contribution >= 4 is 22.7 Å². The zero-order valence-corrected chi connectivity index (χ0v) is 11.3. The first-order chi connectivity index (χ1) is 8.61. The minimum Gasteiger partial charge on any atom is -0.309 e. The summed E-state index contributed by atoms with van der Waals surface area (Å²) in [6.45, 7) is 6.26. The summed E-state index contributed by atoms with van der Waals surface area (Å²) in [5, 5.41) is 7.83. The van der Waals surface area contributed by atoms with Crippen molar-refractivity contribution in [1.82, 2.24) is 0 Å². The molecule has 2 heteroatoms. The summed E-state index contributed by atoms with van der Waals surface area (Å²) in [6.07, 6.45) is 3.78. The molecule has 1 aliphatic rings. The van der Waals surface area contributed by atoms with E-state index in [1.54, 1.807) is 0 Å². The third kappa shape index (κ3) is 2.58. The highest BCUT2D eigenvalue weighted by atomic mass is 14.8. The number of aliphatic imine (C=N–C) groups is 1. The van der Waals surface area contributed by atoms with Crippen LogP contribution in [0, 0.1) is 11.3 Å². The van der Waals surface area contributed by atoms with Gasteiger partial charge in [-0.1, -0.05) is 31.2 Å². The van der Waals surface area contributed by atoms with Gasteiger partial charge in [-0.2, -0.15) is 0 Å². The van der Waals surface area contributed by atoms with E-state index in [2.05, 4.69) is 32.1 Å². The van der Waals surface area contributed by atoms with E-state index in [1.165, 1.54) is 11.1 Å². The van der Waals surface area contributed by atoms with E-state index in [4.69, 9.17) is 10.4 Å². The Hall–Kier alpha value is -1.70. The predicted octanol–water partition coefficient (Wildman–Crippen LogP) is 4.63. The smallest absolute Gasteiger partial charge is 0.0704 e. The van der Waals surface area contributed by atoms with Crippen molar-refractivity contribution in [3.05, 3.63) is 35.9 Å². The van der Waals surface area contributed by atoms with Gasteiger partial charge in [0, 0.05) is 23.4 Å². The first-order valence-electron chi connectivity index (χ1n) is 6.48. The second-order valence-corrected chi connectivity index (χ2v) is 4.97. The number of allylic oxidation sites excluding steroid dienone is 2. The highest BCUT2D eigenvalue weighted by molar-refractivity contribution is 6.11. The molecule has 1 N–H and O–H groups in total. The van der Waals surface area contributed by atoms with Gasteiger partial charge in [0.1, 0.15) is 0 Å². The van der Waals surface area contributed by atoms with E-state index >= 15 is 0 Å². The highest BCUT2D eigenvalue weighted by Gasteiger charge is 2.22. The number of para-hydroxylation sites is 1. The van der Waals surface area contributed by atoms with E-state index in [0.717, 1.165) is 30.0 Å². The van der Waals surface area contributed by atoms with E-state index in [9.17, 15) is 0 Å². The second-order valence-electron chi connectivity index (χ2n) is 4.97. The monoisotopic (exact) mass is 240 g/mol. The molecule has 1 aromatic rings. The number of hydrogen-bond donors (Lipinski definition) is 1. The maximum atomic E-state index is 7.83. The molecule has 1 aliphatic carbocycles. The molecule has 1 atom stereocenters. The van der Waals surface area contributed by atoms with Crippen molar-refractivity contribution in [1.29, 1.82) is 5.41 Å². The third-order valence-corrected chi connectivity index (χ3v) is 3.57. The summed E-state index contributed by atoms with van der Waals surface area (Å²) in [4.78, 5) is 4.76. The van der Waals surface area contributed by atoms with Crippen molar-refractivity contribution in [2.75, 3.05) is 0 Å². The Balaban J connectivity index is 2.35. The van der Waals surface area contributed by atoms with Gasteiger partial charge in [0.25, 0.3) is 0 Å². The Labute approximate surface area is 109 Å². The first-order valence-corrected chi connectivity index (χ1v) is 6.48. The molecule has 1 fully saturated rings. The van der Waals surface area contributed by atoms with Crippen LogP contribution in [-0.2, 0) is 0 Å². The Bertz CT molecular complexity index is 524. The predicted molar refractivity (Wildman–Crippen MR) is 79.0 cm³/mol. The lowest BCUT2D eigenvalue weighted by Crippen LogP contribution is -1.97. The number of benzene rings is 1. The number of nitrogens with one attached hydrogen (secondary N) is 1. The van der Waals surface area contributed by atoms with E-state index in [-0.39, 0.29) is 0 Å². The van der Waals surface area contributed by atoms with Gasteiger partial charge < -0.3 is 5.41 Å². The average Bonchev–Trinajstić information content (AvgIpc) is 2.68. The van der Waals surface area contributed by atoms with Gasteiger partial charge in [0.2, 0.25) is 0 Å². The summed E-state index contributed by atoms with van der Waals surface area (Å²) < 4.78 is 0. The number of rotatable bonds is 2. The standard InChI is InChI=1S/C16H20N2/c1-4-11(2)14-7-5-6-8-16(14)18-13-9-12(3)15(17)10-13/h4-8,12,17H,9-10H2,1-3H3/b11-4-,17-15?,18-13?. The zero-order valence-electron chi connectivity index (χ0n) is 11.3. The van der Waals surface area contributed by atoms with Gasteiger partial charge in [0.15, 0.2) is 0 Å². The van der Waals surface area contributed by atoms with E-state index in [0.29, 0.717) is 5.92 Å². The Morgan fingerprint density at radius 2 is 2.11 bits per heavy atom. The van der Waals surface area contributed by atoms with E-state index in [1.807, 2.05) is 19.1 Å². The van der Waals surface area contributed by atoms with Crippen LogP contribution in [0.5, 0.6) is 0 Å². The molecule has 94 valence electrons. The quantitative estimate of drug-likeness (QED) is 0.782. The fourth-order valence-corrected chi connectivity index (χ4v) is 2.26. The van der Waals surface area contributed by atoms with Crippen LogP contribution in [0.25, 0.3) is 5.57 Å². The van der Waals surface area contributed by atoms with Gasteiger partial charge >= 0.3 is 0 Å². The highest BCUT2D eigenvalue weighted by Crippen LogP contribution is 2.29. The van der Waals surface area contributed by atoms with Crippen LogP contribution in [-0.4, -0.2) is 11.4 Å². The molecule has 1 aromatic carbocycles. The van der Waals surface area contributed by atoms with Crippen LogP contribution >= 0.6 is 0 Å². The van der Waals surface area contributed by atoms with Crippen molar-refractivity contribution in [2.24, 2.45) is 10.9 Å². The molecular weight excluding hydrogens is 220 g/mol. The third-order valence-electron chi connectivity index (χ3n) is 3.57. The molecule has 1 saturated carbocycles. The summed E-state index contributed by atoms with van der Waals surface area (Å²) in [5.41, 5.74) is 5.43.